The van der Waals surface area contributed by atoms with Gasteiger partial charge in [-0.05, 0) is 6.92 Å². The first kappa shape index (κ1) is 12.2. The minimum atomic E-state index is -0.358. The Balaban J connectivity index is 2.15. The summed E-state index contributed by atoms with van der Waals surface area (Å²) in [6.45, 7) is 5.85. The molecule has 0 spiro atoms. The van der Waals surface area contributed by atoms with Gasteiger partial charge in [0.25, 0.3) is 0 Å². The Morgan fingerprint density at radius 1 is 1.41 bits per heavy atom. The maximum atomic E-state index is 14.1. The largest absolute Gasteiger partial charge is 0.375 e. The van der Waals surface area contributed by atoms with Crippen LogP contribution >= 0.6 is 0 Å². The third-order valence-electron chi connectivity index (χ3n) is 2.70. The van der Waals surface area contributed by atoms with Crippen LogP contribution in [0, 0.1) is 5.82 Å². The summed E-state index contributed by atoms with van der Waals surface area (Å²) < 4.78 is 19.3. The zero-order valence-corrected chi connectivity index (χ0v) is 9.95. The second-order valence-electron chi connectivity index (χ2n) is 3.83. The molecule has 1 aromatic rings. The maximum absolute atomic E-state index is 14.1. The van der Waals surface area contributed by atoms with Gasteiger partial charge in [-0.1, -0.05) is 0 Å². The molecule has 1 fully saturated rings. The Morgan fingerprint density at radius 2 is 2.18 bits per heavy atom. The number of rotatable bonds is 4. The summed E-state index contributed by atoms with van der Waals surface area (Å²) in [5.41, 5.74) is 0.329. The van der Waals surface area contributed by atoms with Gasteiger partial charge in [0.15, 0.2) is 11.6 Å². The smallest absolute Gasteiger partial charge is 0.189 e. The molecule has 94 valence electrons. The molecule has 0 aromatic carbocycles. The molecule has 17 heavy (non-hydrogen) atoms. The summed E-state index contributed by atoms with van der Waals surface area (Å²) in [4.78, 5) is 9.88. The van der Waals surface area contributed by atoms with Crippen LogP contribution in [0.25, 0.3) is 0 Å². The van der Waals surface area contributed by atoms with Crippen molar-refractivity contribution in [3.05, 3.63) is 17.8 Å². The van der Waals surface area contributed by atoms with Crippen LogP contribution in [0.5, 0.6) is 0 Å². The number of nitrogens with one attached hydrogen (secondary N) is 1. The molecule has 0 radical (unpaired) electrons. The molecule has 0 atom stereocenters. The zero-order chi connectivity index (χ0) is 12.1. The van der Waals surface area contributed by atoms with E-state index in [-0.39, 0.29) is 12.4 Å². The van der Waals surface area contributed by atoms with Gasteiger partial charge in [-0.25, -0.2) is 14.4 Å². The van der Waals surface area contributed by atoms with Gasteiger partial charge in [0.2, 0.25) is 0 Å². The Hall–Kier alpha value is -1.27. The third kappa shape index (κ3) is 2.89. The van der Waals surface area contributed by atoms with Gasteiger partial charge in [-0.2, -0.15) is 0 Å². The fourth-order valence-electron chi connectivity index (χ4n) is 1.79. The average Bonchev–Trinajstić information content (AvgIpc) is 2.39. The van der Waals surface area contributed by atoms with Crippen molar-refractivity contribution >= 4 is 5.82 Å². The van der Waals surface area contributed by atoms with Crippen molar-refractivity contribution in [2.75, 3.05) is 37.7 Å². The molecule has 6 heteroatoms. The highest BCUT2D eigenvalue weighted by Crippen LogP contribution is 2.18. The molecule has 0 amide bonds. The van der Waals surface area contributed by atoms with Gasteiger partial charge < -0.3 is 15.0 Å². The van der Waals surface area contributed by atoms with Crippen LogP contribution in [0.1, 0.15) is 12.6 Å². The van der Waals surface area contributed by atoms with Crippen molar-refractivity contribution in [2.45, 2.75) is 13.5 Å². The Labute approximate surface area is 100 Å². The van der Waals surface area contributed by atoms with E-state index in [9.17, 15) is 4.39 Å². The normalized spacial score (nSPS) is 16.2. The third-order valence-corrected chi connectivity index (χ3v) is 2.70. The number of hydrogen-bond acceptors (Lipinski definition) is 5. The van der Waals surface area contributed by atoms with E-state index in [1.54, 1.807) is 0 Å². The molecule has 1 aliphatic heterocycles. The second kappa shape index (κ2) is 5.88. The van der Waals surface area contributed by atoms with Gasteiger partial charge in [-0.15, -0.1) is 0 Å². The van der Waals surface area contributed by atoms with Crippen LogP contribution in [0.15, 0.2) is 6.33 Å². The molecule has 0 aliphatic carbocycles. The SMILES string of the molecule is CCOCc1ncnc(N2CCNCC2)c1F. The highest BCUT2D eigenvalue weighted by molar-refractivity contribution is 5.41. The van der Waals surface area contributed by atoms with E-state index in [2.05, 4.69) is 15.3 Å². The quantitative estimate of drug-likeness (QED) is 0.833. The predicted octanol–water partition coefficient (Wildman–Crippen LogP) is 0.562. The van der Waals surface area contributed by atoms with Crippen molar-refractivity contribution in [3.8, 4) is 0 Å². The lowest BCUT2D eigenvalue weighted by Gasteiger charge is -2.28. The van der Waals surface area contributed by atoms with Crippen LogP contribution < -0.4 is 10.2 Å². The number of aromatic nitrogens is 2. The summed E-state index contributed by atoms with van der Waals surface area (Å²) in [7, 11) is 0. The lowest BCUT2D eigenvalue weighted by molar-refractivity contribution is 0.128. The fraction of sp³-hybridized carbons (Fsp3) is 0.636. The summed E-state index contributed by atoms with van der Waals surface area (Å²) >= 11 is 0. The molecular formula is C11H17FN4O. The molecule has 1 N–H and O–H groups in total. The molecule has 0 unspecified atom stereocenters. The highest BCUT2D eigenvalue weighted by atomic mass is 19.1. The van der Waals surface area contributed by atoms with Gasteiger partial charge >= 0.3 is 0 Å². The molecule has 2 rings (SSSR count). The van der Waals surface area contributed by atoms with Crippen LogP contribution in [0.2, 0.25) is 0 Å². The maximum Gasteiger partial charge on any atom is 0.189 e. The number of halogens is 1. The van der Waals surface area contributed by atoms with Crippen LogP contribution in [0.3, 0.4) is 0 Å². The lowest BCUT2D eigenvalue weighted by atomic mass is 10.3. The number of hydrogen-bond donors (Lipinski definition) is 1. The van der Waals surface area contributed by atoms with E-state index in [0.29, 0.717) is 18.1 Å². The van der Waals surface area contributed by atoms with Crippen molar-refractivity contribution in [3.63, 3.8) is 0 Å². The Bertz CT molecular complexity index is 368. The highest BCUT2D eigenvalue weighted by Gasteiger charge is 2.18. The summed E-state index contributed by atoms with van der Waals surface area (Å²) in [6.07, 6.45) is 1.40. The Morgan fingerprint density at radius 3 is 2.88 bits per heavy atom. The minimum Gasteiger partial charge on any atom is -0.375 e. The van der Waals surface area contributed by atoms with Crippen molar-refractivity contribution in [2.24, 2.45) is 0 Å². The standard InChI is InChI=1S/C11H17FN4O/c1-2-17-7-9-10(12)11(15-8-14-9)16-5-3-13-4-6-16/h8,13H,2-7H2,1H3. The van der Waals surface area contributed by atoms with E-state index in [1.807, 2.05) is 11.8 Å². The number of ether oxygens (including phenoxy) is 1. The van der Waals surface area contributed by atoms with E-state index >= 15 is 0 Å². The molecule has 2 heterocycles. The first-order chi connectivity index (χ1) is 8.33. The average molecular weight is 240 g/mol. The molecule has 1 saturated heterocycles. The van der Waals surface area contributed by atoms with Crippen molar-refractivity contribution < 1.29 is 9.13 Å². The van der Waals surface area contributed by atoms with Gasteiger partial charge in [0, 0.05) is 32.8 Å². The van der Waals surface area contributed by atoms with E-state index < -0.39 is 0 Å². The van der Waals surface area contributed by atoms with Crippen LogP contribution in [-0.4, -0.2) is 42.8 Å². The number of nitrogens with zero attached hydrogens (tertiary/aromatic N) is 3. The predicted molar refractivity (Wildman–Crippen MR) is 62.4 cm³/mol. The van der Waals surface area contributed by atoms with Crippen molar-refractivity contribution in [1.29, 1.82) is 0 Å². The first-order valence-corrected chi connectivity index (χ1v) is 5.85. The topological polar surface area (TPSA) is 50.3 Å². The number of piperazine rings is 1. The molecular weight excluding hydrogens is 223 g/mol. The Kier molecular flexibility index (Phi) is 4.22. The van der Waals surface area contributed by atoms with Gasteiger partial charge in [-0.3, -0.25) is 0 Å². The molecule has 5 nitrogen and oxygen atoms in total. The minimum absolute atomic E-state index is 0.198. The summed E-state index contributed by atoms with van der Waals surface area (Å²) in [6, 6.07) is 0. The zero-order valence-electron chi connectivity index (χ0n) is 9.95. The van der Waals surface area contributed by atoms with Crippen molar-refractivity contribution in [1.82, 2.24) is 15.3 Å². The van der Waals surface area contributed by atoms with Gasteiger partial charge in [0.05, 0.1) is 6.61 Å². The van der Waals surface area contributed by atoms with Crippen LogP contribution in [0.4, 0.5) is 10.2 Å². The lowest BCUT2D eigenvalue weighted by Crippen LogP contribution is -2.44. The van der Waals surface area contributed by atoms with Gasteiger partial charge in [0.1, 0.15) is 12.0 Å². The molecule has 0 bridgehead atoms. The fourth-order valence-corrected chi connectivity index (χ4v) is 1.79. The van der Waals surface area contributed by atoms with E-state index in [4.69, 9.17) is 4.74 Å². The summed E-state index contributed by atoms with van der Waals surface area (Å²) in [5, 5.41) is 3.22. The molecule has 0 saturated carbocycles. The van der Waals surface area contributed by atoms with Crippen LogP contribution in [-0.2, 0) is 11.3 Å². The number of anilines is 1. The summed E-state index contributed by atoms with van der Waals surface area (Å²) in [5.74, 6) is 0.0269. The van der Waals surface area contributed by atoms with E-state index in [0.717, 1.165) is 26.2 Å². The van der Waals surface area contributed by atoms with E-state index in [1.165, 1.54) is 6.33 Å². The monoisotopic (exact) mass is 240 g/mol. The molecule has 1 aromatic heterocycles. The first-order valence-electron chi connectivity index (χ1n) is 5.85. The second-order valence-corrected chi connectivity index (χ2v) is 3.83. The molecule has 1 aliphatic rings.